The summed E-state index contributed by atoms with van der Waals surface area (Å²) in [5.74, 6) is 1.82. The van der Waals surface area contributed by atoms with Gasteiger partial charge in [-0.2, -0.15) is 0 Å². The number of amides is 1. The van der Waals surface area contributed by atoms with Crippen molar-refractivity contribution >= 4 is 34.1 Å². The highest BCUT2D eigenvalue weighted by molar-refractivity contribution is 7.99. The number of nitrogens with zero attached hydrogens (tertiary/aromatic N) is 3. The molecule has 0 fully saturated rings. The van der Waals surface area contributed by atoms with E-state index in [1.807, 2.05) is 61.7 Å². The third-order valence-electron chi connectivity index (χ3n) is 4.61. The molecule has 33 heavy (non-hydrogen) atoms. The van der Waals surface area contributed by atoms with Crippen molar-refractivity contribution in [1.82, 2.24) is 15.2 Å². The summed E-state index contributed by atoms with van der Waals surface area (Å²) in [6, 6.07) is 13.6. The van der Waals surface area contributed by atoms with Crippen molar-refractivity contribution in [2.24, 2.45) is 0 Å². The number of carbonyl (C=O) groups is 1. The first-order valence-corrected chi connectivity index (χ1v) is 11.9. The van der Waals surface area contributed by atoms with E-state index in [9.17, 15) is 4.79 Å². The predicted octanol–water partition coefficient (Wildman–Crippen LogP) is 5.13. The summed E-state index contributed by atoms with van der Waals surface area (Å²) in [6.07, 6.45) is 0. The van der Waals surface area contributed by atoms with Gasteiger partial charge in [-0.15, -0.1) is 21.5 Å². The summed E-state index contributed by atoms with van der Waals surface area (Å²) in [5.41, 5.74) is 3.88. The fraction of sp³-hybridized carbons (Fsp3) is 0.217. The van der Waals surface area contributed by atoms with Crippen molar-refractivity contribution in [3.8, 4) is 22.8 Å². The van der Waals surface area contributed by atoms with E-state index in [0.717, 1.165) is 45.6 Å². The number of thiazole rings is 1. The van der Waals surface area contributed by atoms with Gasteiger partial charge in [-0.1, -0.05) is 23.9 Å². The number of anilines is 1. The molecule has 2 aromatic heterocycles. The van der Waals surface area contributed by atoms with Crippen LogP contribution in [0.15, 0.2) is 57.5 Å². The first-order valence-electron chi connectivity index (χ1n) is 10.0. The van der Waals surface area contributed by atoms with Gasteiger partial charge in [-0.3, -0.25) is 4.79 Å². The van der Waals surface area contributed by atoms with Crippen molar-refractivity contribution in [2.75, 3.05) is 18.2 Å². The molecule has 0 radical (unpaired) electrons. The number of hydrogen-bond donors (Lipinski definition) is 1. The number of hydrogen-bond acceptors (Lipinski definition) is 9. The molecule has 4 aromatic rings. The molecule has 170 valence electrons. The summed E-state index contributed by atoms with van der Waals surface area (Å²) in [7, 11) is 1.62. The van der Waals surface area contributed by atoms with Crippen molar-refractivity contribution < 1.29 is 18.7 Å². The van der Waals surface area contributed by atoms with E-state index >= 15 is 0 Å². The first-order chi connectivity index (χ1) is 16.0. The van der Waals surface area contributed by atoms with Gasteiger partial charge in [0, 0.05) is 10.9 Å². The second-order valence-corrected chi connectivity index (χ2v) is 8.91. The molecule has 1 N–H and O–H groups in total. The number of benzene rings is 2. The summed E-state index contributed by atoms with van der Waals surface area (Å²) >= 11 is 2.52. The van der Waals surface area contributed by atoms with E-state index in [4.69, 9.17) is 13.9 Å². The normalized spacial score (nSPS) is 10.8. The van der Waals surface area contributed by atoms with E-state index in [2.05, 4.69) is 20.5 Å². The minimum atomic E-state index is -0.206. The highest BCUT2D eigenvalue weighted by atomic mass is 32.2. The molecule has 0 aliphatic carbocycles. The molecule has 0 saturated heterocycles. The molecular formula is C23H22N4O4S2. The molecule has 0 bridgehead atoms. The van der Waals surface area contributed by atoms with Gasteiger partial charge in [0.15, 0.2) is 11.7 Å². The molecule has 4 rings (SSSR count). The fourth-order valence-electron chi connectivity index (χ4n) is 2.87. The van der Waals surface area contributed by atoms with Gasteiger partial charge in [0.25, 0.3) is 11.1 Å². The second kappa shape index (κ2) is 10.5. The van der Waals surface area contributed by atoms with Gasteiger partial charge in [-0.25, -0.2) is 4.98 Å². The number of aryl methyl sites for hydroxylation is 2. The van der Waals surface area contributed by atoms with Gasteiger partial charge >= 0.3 is 0 Å². The molecule has 0 aliphatic rings. The molecule has 0 spiro atoms. The molecule has 0 atom stereocenters. The average molecular weight is 483 g/mol. The Labute approximate surface area is 199 Å². The van der Waals surface area contributed by atoms with Crippen LogP contribution in [0.25, 0.3) is 11.3 Å². The van der Waals surface area contributed by atoms with Crippen molar-refractivity contribution in [2.45, 2.75) is 25.7 Å². The predicted molar refractivity (Wildman–Crippen MR) is 128 cm³/mol. The van der Waals surface area contributed by atoms with Gasteiger partial charge in [-0.05, 0) is 55.3 Å². The lowest BCUT2D eigenvalue weighted by Crippen LogP contribution is -2.13. The van der Waals surface area contributed by atoms with Crippen LogP contribution in [-0.4, -0.2) is 34.0 Å². The lowest BCUT2D eigenvalue weighted by molar-refractivity contribution is -0.113. The minimum absolute atomic E-state index is 0.122. The topological polar surface area (TPSA) is 99.4 Å². The van der Waals surface area contributed by atoms with E-state index in [1.54, 1.807) is 7.11 Å². The fourth-order valence-corrected chi connectivity index (χ4v) is 4.18. The lowest BCUT2D eigenvalue weighted by Gasteiger charge is -2.07. The number of rotatable bonds is 9. The van der Waals surface area contributed by atoms with Crippen LogP contribution in [0.1, 0.15) is 17.0 Å². The Morgan fingerprint density at radius 1 is 1.15 bits per heavy atom. The number of nitrogens with one attached hydrogen (secondary N) is 1. The lowest BCUT2D eigenvalue weighted by atomic mass is 10.1. The average Bonchev–Trinajstić information content (AvgIpc) is 3.48. The zero-order valence-corrected chi connectivity index (χ0v) is 20.0. The Balaban J connectivity index is 1.26. The van der Waals surface area contributed by atoms with Gasteiger partial charge in [0.05, 0.1) is 18.6 Å². The number of methoxy groups -OCH3 is 1. The van der Waals surface area contributed by atoms with Gasteiger partial charge in [0.2, 0.25) is 5.91 Å². The molecule has 2 aromatic carbocycles. The summed E-state index contributed by atoms with van der Waals surface area (Å²) in [6.45, 7) is 4.15. The first kappa shape index (κ1) is 22.8. The van der Waals surface area contributed by atoms with Gasteiger partial charge in [0.1, 0.15) is 11.5 Å². The third kappa shape index (κ3) is 6.11. The van der Waals surface area contributed by atoms with Crippen molar-refractivity contribution in [1.29, 1.82) is 0 Å². The molecular weight excluding hydrogens is 460 g/mol. The molecule has 1 amide bonds. The Bertz CT molecular complexity index is 1240. The molecule has 10 heteroatoms. The quantitative estimate of drug-likeness (QED) is 0.328. The van der Waals surface area contributed by atoms with E-state index in [1.165, 1.54) is 11.3 Å². The van der Waals surface area contributed by atoms with Crippen LogP contribution in [-0.2, 0) is 11.4 Å². The molecule has 0 saturated carbocycles. The maximum absolute atomic E-state index is 12.3. The maximum Gasteiger partial charge on any atom is 0.277 e. The van der Waals surface area contributed by atoms with E-state index < -0.39 is 0 Å². The third-order valence-corrected chi connectivity index (χ3v) is 6.18. The second-order valence-electron chi connectivity index (χ2n) is 7.12. The van der Waals surface area contributed by atoms with Crippen LogP contribution >= 0.6 is 23.1 Å². The summed E-state index contributed by atoms with van der Waals surface area (Å²) in [4.78, 5) is 16.8. The Hall–Kier alpha value is -3.37. The van der Waals surface area contributed by atoms with Gasteiger partial charge < -0.3 is 19.2 Å². The smallest absolute Gasteiger partial charge is 0.277 e. The van der Waals surface area contributed by atoms with Crippen LogP contribution < -0.4 is 14.8 Å². The number of aromatic nitrogens is 3. The SMILES string of the molecule is COc1ccc(-c2csc(NC(=O)CSc3nnc(COc4cc(C)ccc4C)o3)n2)cc1. The standard InChI is InChI=1S/C23H22N4O4S2/c1-14-4-5-15(2)19(10-14)30-11-21-26-27-23(31-21)33-13-20(28)25-22-24-18(12-32-22)16-6-8-17(29-3)9-7-16/h4-10,12H,11,13H2,1-3H3,(H,24,25,28). The van der Waals surface area contributed by atoms with Crippen LogP contribution in [0, 0.1) is 13.8 Å². The zero-order valence-electron chi connectivity index (χ0n) is 18.3. The minimum Gasteiger partial charge on any atom is -0.497 e. The Morgan fingerprint density at radius 3 is 2.76 bits per heavy atom. The molecule has 8 nitrogen and oxygen atoms in total. The van der Waals surface area contributed by atoms with Crippen LogP contribution in [0.5, 0.6) is 11.5 Å². The molecule has 0 unspecified atom stereocenters. The van der Waals surface area contributed by atoms with E-state index in [-0.39, 0.29) is 18.3 Å². The van der Waals surface area contributed by atoms with Crippen molar-refractivity contribution in [3.63, 3.8) is 0 Å². The number of ether oxygens (including phenoxy) is 2. The largest absolute Gasteiger partial charge is 0.497 e. The van der Waals surface area contributed by atoms with Crippen LogP contribution in [0.3, 0.4) is 0 Å². The number of thioether (sulfide) groups is 1. The highest BCUT2D eigenvalue weighted by Crippen LogP contribution is 2.27. The molecule has 2 heterocycles. The number of carbonyl (C=O) groups excluding carboxylic acids is 1. The maximum atomic E-state index is 12.3. The van der Waals surface area contributed by atoms with Crippen molar-refractivity contribution in [3.05, 3.63) is 64.9 Å². The monoisotopic (exact) mass is 482 g/mol. The van der Waals surface area contributed by atoms with E-state index in [0.29, 0.717) is 16.2 Å². The summed E-state index contributed by atoms with van der Waals surface area (Å²) in [5, 5.41) is 13.5. The summed E-state index contributed by atoms with van der Waals surface area (Å²) < 4.78 is 16.5. The van der Waals surface area contributed by atoms with Crippen LogP contribution in [0.2, 0.25) is 0 Å². The highest BCUT2D eigenvalue weighted by Gasteiger charge is 2.13. The Morgan fingerprint density at radius 2 is 1.97 bits per heavy atom. The Kier molecular flexibility index (Phi) is 7.26. The molecule has 0 aliphatic heterocycles. The zero-order chi connectivity index (χ0) is 23.2. The van der Waals surface area contributed by atoms with Crippen LogP contribution in [0.4, 0.5) is 5.13 Å².